The molecule has 0 fully saturated rings. The van der Waals surface area contributed by atoms with Gasteiger partial charge in [-0.25, -0.2) is 0 Å². The molecule has 2 rings (SSSR count). The molecule has 2 aromatic rings. The molecular formula is C19H20Cl2O3. The molecule has 0 atom stereocenters. The maximum absolute atomic E-state index is 11.6. The molecule has 0 aliphatic heterocycles. The highest BCUT2D eigenvalue weighted by Crippen LogP contribution is 2.31. The third kappa shape index (κ3) is 4.43. The van der Waals surface area contributed by atoms with Crippen molar-refractivity contribution < 1.29 is 14.3 Å². The molecule has 2 aromatic carbocycles. The van der Waals surface area contributed by atoms with Crippen molar-refractivity contribution >= 4 is 29.2 Å². The number of hydrogen-bond acceptors (Lipinski definition) is 3. The van der Waals surface area contributed by atoms with Gasteiger partial charge in [0.1, 0.15) is 18.1 Å². The van der Waals surface area contributed by atoms with Gasteiger partial charge < -0.3 is 9.47 Å². The number of benzene rings is 2. The highest BCUT2D eigenvalue weighted by atomic mass is 35.5. The van der Waals surface area contributed by atoms with E-state index >= 15 is 0 Å². The zero-order valence-corrected chi connectivity index (χ0v) is 15.5. The minimum Gasteiger partial charge on any atom is -0.488 e. The number of rotatable bonds is 6. The average molecular weight is 367 g/mol. The quantitative estimate of drug-likeness (QED) is 0.481. The summed E-state index contributed by atoms with van der Waals surface area (Å²) >= 11 is 12.5. The van der Waals surface area contributed by atoms with E-state index in [4.69, 9.17) is 32.7 Å². The summed E-state index contributed by atoms with van der Waals surface area (Å²) < 4.78 is 11.2. The Bertz CT molecular complexity index is 742. The molecular weight excluding hydrogens is 347 g/mol. The number of halogens is 2. The summed E-state index contributed by atoms with van der Waals surface area (Å²) in [4.78, 5) is 11.6. The Hall–Kier alpha value is -1.71. The van der Waals surface area contributed by atoms with Crippen LogP contribution in [0.15, 0.2) is 30.3 Å². The van der Waals surface area contributed by atoms with Crippen LogP contribution in [0.25, 0.3) is 0 Å². The largest absolute Gasteiger partial charge is 0.488 e. The van der Waals surface area contributed by atoms with Crippen LogP contribution in [0.5, 0.6) is 11.5 Å². The number of ether oxygens (including phenoxy) is 2. The van der Waals surface area contributed by atoms with E-state index in [0.717, 1.165) is 17.5 Å². The van der Waals surface area contributed by atoms with E-state index in [2.05, 4.69) is 6.92 Å². The van der Waals surface area contributed by atoms with Gasteiger partial charge in [-0.15, -0.1) is 0 Å². The smallest absolute Gasteiger partial charge is 0.310 e. The molecule has 0 saturated carbocycles. The van der Waals surface area contributed by atoms with Crippen LogP contribution in [0.1, 0.15) is 37.0 Å². The lowest BCUT2D eigenvalue weighted by molar-refractivity contribution is -0.134. The third-order valence-corrected chi connectivity index (χ3v) is 4.39. The summed E-state index contributed by atoms with van der Waals surface area (Å²) in [5.41, 5.74) is 2.71. The van der Waals surface area contributed by atoms with Gasteiger partial charge in [0.2, 0.25) is 0 Å². The van der Waals surface area contributed by atoms with Gasteiger partial charge in [0, 0.05) is 11.4 Å². The van der Waals surface area contributed by atoms with Crippen LogP contribution in [0.2, 0.25) is 10.0 Å². The number of esters is 1. The molecule has 0 aromatic heterocycles. The number of carbonyl (C=O) groups excluding carboxylic acids is 1. The van der Waals surface area contributed by atoms with E-state index in [1.165, 1.54) is 0 Å². The third-order valence-electron chi connectivity index (χ3n) is 3.69. The van der Waals surface area contributed by atoms with Crippen molar-refractivity contribution in [3.05, 3.63) is 57.1 Å². The van der Waals surface area contributed by atoms with E-state index in [1.807, 2.05) is 19.1 Å². The zero-order chi connectivity index (χ0) is 17.7. The van der Waals surface area contributed by atoms with Crippen LogP contribution in [-0.4, -0.2) is 5.97 Å². The molecule has 0 N–H and O–H groups in total. The minimum absolute atomic E-state index is 0.189. The van der Waals surface area contributed by atoms with Crippen molar-refractivity contribution in [2.75, 3.05) is 0 Å². The molecule has 0 spiro atoms. The van der Waals surface area contributed by atoms with E-state index in [1.54, 1.807) is 25.1 Å². The molecule has 0 aliphatic rings. The Morgan fingerprint density at radius 1 is 1.08 bits per heavy atom. The normalized spacial score (nSPS) is 10.5. The van der Waals surface area contributed by atoms with E-state index in [0.29, 0.717) is 33.5 Å². The summed E-state index contributed by atoms with van der Waals surface area (Å²) in [5, 5.41) is 1.17. The molecule has 0 heterocycles. The van der Waals surface area contributed by atoms with Gasteiger partial charge in [-0.2, -0.15) is 0 Å². The van der Waals surface area contributed by atoms with Crippen LogP contribution in [0.3, 0.4) is 0 Å². The monoisotopic (exact) mass is 366 g/mol. The van der Waals surface area contributed by atoms with Crippen LogP contribution >= 0.6 is 23.2 Å². The Labute approximate surface area is 152 Å². The van der Waals surface area contributed by atoms with Crippen LogP contribution in [0.4, 0.5) is 0 Å². The molecule has 0 radical (unpaired) electrons. The predicted octanol–water partition coefficient (Wildman–Crippen LogP) is 5.76. The van der Waals surface area contributed by atoms with Crippen molar-refractivity contribution in [2.24, 2.45) is 0 Å². The number of hydrogen-bond donors (Lipinski definition) is 0. The SMILES string of the molecule is CCC(=O)Oc1cccc(Cl)c1COc1cc(Cl)c(CC)cc1C. The zero-order valence-electron chi connectivity index (χ0n) is 14.0. The Morgan fingerprint density at radius 3 is 2.50 bits per heavy atom. The number of carbonyl (C=O) groups is 1. The first-order valence-corrected chi connectivity index (χ1v) is 8.61. The van der Waals surface area contributed by atoms with Crippen molar-refractivity contribution in [3.8, 4) is 11.5 Å². The lowest BCUT2D eigenvalue weighted by atomic mass is 10.1. The van der Waals surface area contributed by atoms with Gasteiger partial charge in [-0.1, -0.05) is 49.2 Å². The minimum atomic E-state index is -0.315. The highest BCUT2D eigenvalue weighted by Gasteiger charge is 2.13. The number of aryl methyl sites for hydroxylation is 2. The van der Waals surface area contributed by atoms with Crippen LogP contribution in [0, 0.1) is 6.92 Å². The molecule has 5 heteroatoms. The van der Waals surface area contributed by atoms with Crippen molar-refractivity contribution in [1.82, 2.24) is 0 Å². The molecule has 0 unspecified atom stereocenters. The Morgan fingerprint density at radius 2 is 1.83 bits per heavy atom. The van der Waals surface area contributed by atoms with Gasteiger partial charge in [-0.05, 0) is 42.7 Å². The Balaban J connectivity index is 2.23. The first-order valence-electron chi connectivity index (χ1n) is 7.86. The molecule has 0 saturated heterocycles. The van der Waals surface area contributed by atoms with Gasteiger partial charge in [0.15, 0.2) is 0 Å². The fraction of sp³-hybridized carbons (Fsp3) is 0.316. The molecule has 0 bridgehead atoms. The Kier molecular flexibility index (Phi) is 6.52. The van der Waals surface area contributed by atoms with Crippen LogP contribution in [-0.2, 0) is 17.8 Å². The van der Waals surface area contributed by atoms with Gasteiger partial charge >= 0.3 is 5.97 Å². The molecule has 24 heavy (non-hydrogen) atoms. The molecule has 0 aliphatic carbocycles. The van der Waals surface area contributed by atoms with Crippen molar-refractivity contribution in [1.29, 1.82) is 0 Å². The second-order valence-electron chi connectivity index (χ2n) is 5.40. The molecule has 128 valence electrons. The van der Waals surface area contributed by atoms with Crippen molar-refractivity contribution in [3.63, 3.8) is 0 Å². The van der Waals surface area contributed by atoms with E-state index < -0.39 is 0 Å². The van der Waals surface area contributed by atoms with E-state index in [9.17, 15) is 4.79 Å². The van der Waals surface area contributed by atoms with Crippen LogP contribution < -0.4 is 9.47 Å². The second kappa shape index (κ2) is 8.41. The fourth-order valence-corrected chi connectivity index (χ4v) is 2.78. The topological polar surface area (TPSA) is 35.5 Å². The average Bonchev–Trinajstić information content (AvgIpc) is 2.56. The predicted molar refractivity (Wildman–Crippen MR) is 97.3 cm³/mol. The summed E-state index contributed by atoms with van der Waals surface area (Å²) in [7, 11) is 0. The first-order chi connectivity index (χ1) is 11.5. The first kappa shape index (κ1) is 18.6. The lowest BCUT2D eigenvalue weighted by Gasteiger charge is -2.15. The maximum atomic E-state index is 11.6. The molecule has 3 nitrogen and oxygen atoms in total. The maximum Gasteiger partial charge on any atom is 0.310 e. The highest BCUT2D eigenvalue weighted by molar-refractivity contribution is 6.31. The van der Waals surface area contributed by atoms with Gasteiger partial charge in [0.25, 0.3) is 0 Å². The summed E-state index contributed by atoms with van der Waals surface area (Å²) in [6.45, 7) is 5.95. The summed E-state index contributed by atoms with van der Waals surface area (Å²) in [6, 6.07) is 9.01. The summed E-state index contributed by atoms with van der Waals surface area (Å²) in [5.74, 6) is 0.790. The van der Waals surface area contributed by atoms with Crippen molar-refractivity contribution in [2.45, 2.75) is 40.2 Å². The van der Waals surface area contributed by atoms with E-state index in [-0.39, 0.29) is 12.6 Å². The lowest BCUT2D eigenvalue weighted by Crippen LogP contribution is -2.09. The standard InChI is InChI=1S/C19H20Cl2O3/c1-4-13-9-12(3)18(10-16(13)21)23-11-14-15(20)7-6-8-17(14)24-19(22)5-2/h6-10H,4-5,11H2,1-3H3. The summed E-state index contributed by atoms with van der Waals surface area (Å²) in [6.07, 6.45) is 1.15. The fourth-order valence-electron chi connectivity index (χ4n) is 2.27. The second-order valence-corrected chi connectivity index (χ2v) is 6.21. The molecule has 0 amide bonds. The van der Waals surface area contributed by atoms with Gasteiger partial charge in [0.05, 0.1) is 10.6 Å². The van der Waals surface area contributed by atoms with Gasteiger partial charge in [-0.3, -0.25) is 4.79 Å².